The Hall–Kier alpha value is -2.45. The molecule has 0 bridgehead atoms. The average Bonchev–Trinajstić information content (AvgIpc) is 2.63. The van der Waals surface area contributed by atoms with Crippen LogP contribution < -0.4 is 5.43 Å². The summed E-state index contributed by atoms with van der Waals surface area (Å²) in [5.74, 6) is 0. The van der Waals surface area contributed by atoms with Gasteiger partial charge in [0.15, 0.2) is 14.3 Å². The van der Waals surface area contributed by atoms with Gasteiger partial charge in [-0.1, -0.05) is 43.3 Å². The van der Waals surface area contributed by atoms with Crippen molar-refractivity contribution in [1.29, 1.82) is 0 Å². The standard InChI is InChI=1S/C21H17OS/c1-2-15-11-13-16(14-12-15)23-19-9-5-3-7-17(19)21(22)18-8-4-6-10-20(18)23/h3-14H,2H2,1H3/q+1. The van der Waals surface area contributed by atoms with Crippen LogP contribution in [0.5, 0.6) is 0 Å². The number of benzene rings is 3. The van der Waals surface area contributed by atoms with E-state index in [9.17, 15) is 4.79 Å². The zero-order valence-corrected chi connectivity index (χ0v) is 13.8. The van der Waals surface area contributed by atoms with E-state index in [1.807, 2.05) is 36.4 Å². The molecule has 4 rings (SSSR count). The van der Waals surface area contributed by atoms with Crippen molar-refractivity contribution in [2.45, 2.75) is 13.3 Å². The number of fused-ring (bicyclic) bond motifs is 2. The molecular weight excluding hydrogens is 300 g/mol. The van der Waals surface area contributed by atoms with Crippen LogP contribution in [0.15, 0.2) is 77.6 Å². The molecule has 0 aliphatic carbocycles. The Labute approximate surface area is 137 Å². The lowest BCUT2D eigenvalue weighted by Crippen LogP contribution is -2.01. The molecule has 23 heavy (non-hydrogen) atoms. The van der Waals surface area contributed by atoms with E-state index in [4.69, 9.17) is 0 Å². The second-order valence-corrected chi connectivity index (χ2v) is 7.59. The molecule has 0 unspecified atom stereocenters. The Balaban J connectivity index is 2.17. The molecule has 0 saturated heterocycles. The summed E-state index contributed by atoms with van der Waals surface area (Å²) < 4.78 is 2.28. The average molecular weight is 317 g/mol. The highest BCUT2D eigenvalue weighted by molar-refractivity contribution is 7.49. The molecule has 3 aromatic carbocycles. The highest BCUT2D eigenvalue weighted by atomic mass is 32.2. The largest absolute Gasteiger partial charge is 0.288 e. The Morgan fingerprint density at radius 1 is 0.739 bits per heavy atom. The van der Waals surface area contributed by atoms with Gasteiger partial charge in [0.1, 0.15) is 0 Å². The van der Waals surface area contributed by atoms with Crippen molar-refractivity contribution in [3.63, 3.8) is 0 Å². The first kappa shape index (κ1) is 14.2. The van der Waals surface area contributed by atoms with E-state index in [1.165, 1.54) is 10.5 Å². The summed E-state index contributed by atoms with van der Waals surface area (Å²) in [6.07, 6.45) is 1.04. The van der Waals surface area contributed by atoms with Crippen molar-refractivity contribution < 1.29 is 0 Å². The number of aryl methyl sites for hydroxylation is 1. The molecule has 0 aliphatic heterocycles. The molecule has 0 saturated carbocycles. The molecule has 0 fully saturated rings. The molecule has 112 valence electrons. The van der Waals surface area contributed by atoms with Crippen LogP contribution in [0.1, 0.15) is 12.5 Å². The minimum Gasteiger partial charge on any atom is -0.288 e. The van der Waals surface area contributed by atoms with Crippen LogP contribution in [-0.4, -0.2) is 0 Å². The van der Waals surface area contributed by atoms with E-state index in [2.05, 4.69) is 43.3 Å². The molecule has 4 aromatic rings. The third-order valence-corrected chi connectivity index (χ3v) is 6.61. The second-order valence-electron chi connectivity index (χ2n) is 5.63. The van der Waals surface area contributed by atoms with Crippen LogP contribution in [0, 0.1) is 0 Å². The molecular formula is C21H17OS+. The highest BCUT2D eigenvalue weighted by Crippen LogP contribution is 2.42. The molecule has 0 radical (unpaired) electrons. The number of rotatable bonds is 2. The van der Waals surface area contributed by atoms with Gasteiger partial charge in [0, 0.05) is 10.5 Å². The van der Waals surface area contributed by atoms with E-state index in [0.717, 1.165) is 26.6 Å². The van der Waals surface area contributed by atoms with Gasteiger partial charge in [0.25, 0.3) is 0 Å². The van der Waals surface area contributed by atoms with Crippen LogP contribution in [0.4, 0.5) is 0 Å². The van der Waals surface area contributed by atoms with Crippen molar-refractivity contribution in [3.05, 3.63) is 88.6 Å². The summed E-state index contributed by atoms with van der Waals surface area (Å²) in [7, 11) is -0.210. The van der Waals surface area contributed by atoms with E-state index in [1.54, 1.807) is 0 Å². The Kier molecular flexibility index (Phi) is 3.47. The zero-order valence-electron chi connectivity index (χ0n) is 13.0. The van der Waals surface area contributed by atoms with Crippen molar-refractivity contribution in [2.24, 2.45) is 0 Å². The van der Waals surface area contributed by atoms with E-state index >= 15 is 0 Å². The lowest BCUT2D eigenvalue weighted by atomic mass is 10.2. The Bertz CT molecular complexity index is 999. The third kappa shape index (κ3) is 2.27. The maximum atomic E-state index is 12.8. The molecule has 1 nitrogen and oxygen atoms in total. The molecule has 0 aliphatic rings. The summed E-state index contributed by atoms with van der Waals surface area (Å²) in [6, 6.07) is 24.9. The lowest BCUT2D eigenvalue weighted by Gasteiger charge is -2.03. The fraction of sp³-hybridized carbons (Fsp3) is 0.0952. The van der Waals surface area contributed by atoms with Crippen LogP contribution in [0.25, 0.3) is 25.1 Å². The number of hydrogen-bond donors (Lipinski definition) is 0. The SMILES string of the molecule is CCc1ccc(-[s+]2c3ccccc3c(=O)c3ccccc32)cc1. The van der Waals surface area contributed by atoms with Crippen LogP contribution in [0.2, 0.25) is 0 Å². The van der Waals surface area contributed by atoms with Crippen LogP contribution >= 0.6 is 10.5 Å². The molecule has 1 heterocycles. The molecule has 0 atom stereocenters. The first-order valence-electron chi connectivity index (χ1n) is 7.85. The van der Waals surface area contributed by atoms with Gasteiger partial charge >= 0.3 is 0 Å². The lowest BCUT2D eigenvalue weighted by molar-refractivity contribution is 1.14. The van der Waals surface area contributed by atoms with Gasteiger partial charge in [-0.2, -0.15) is 0 Å². The summed E-state index contributed by atoms with van der Waals surface area (Å²) in [6.45, 7) is 2.17. The van der Waals surface area contributed by atoms with Gasteiger partial charge in [-0.3, -0.25) is 4.79 Å². The first-order valence-corrected chi connectivity index (χ1v) is 9.08. The maximum absolute atomic E-state index is 12.8. The summed E-state index contributed by atoms with van der Waals surface area (Å²) in [4.78, 5) is 14.1. The predicted molar refractivity (Wildman–Crippen MR) is 101 cm³/mol. The monoisotopic (exact) mass is 317 g/mol. The van der Waals surface area contributed by atoms with Gasteiger partial charge in [-0.25, -0.2) is 0 Å². The summed E-state index contributed by atoms with van der Waals surface area (Å²) >= 11 is 0. The molecule has 1 aromatic heterocycles. The summed E-state index contributed by atoms with van der Waals surface area (Å²) in [5, 5.41) is 1.68. The van der Waals surface area contributed by atoms with E-state index < -0.39 is 0 Å². The van der Waals surface area contributed by atoms with E-state index in [-0.39, 0.29) is 15.9 Å². The molecule has 2 heteroatoms. The maximum Gasteiger partial charge on any atom is 0.203 e. The fourth-order valence-corrected chi connectivity index (χ4v) is 5.39. The summed E-state index contributed by atoms with van der Waals surface area (Å²) in [5.41, 5.74) is 1.48. The van der Waals surface area contributed by atoms with Crippen molar-refractivity contribution >= 4 is 30.6 Å². The fourth-order valence-electron chi connectivity index (χ4n) is 3.04. The van der Waals surface area contributed by atoms with Crippen molar-refractivity contribution in [1.82, 2.24) is 0 Å². The molecule has 0 amide bonds. The quantitative estimate of drug-likeness (QED) is 0.345. The Morgan fingerprint density at radius 3 is 1.78 bits per heavy atom. The number of hydrogen-bond acceptors (Lipinski definition) is 1. The zero-order chi connectivity index (χ0) is 15.8. The van der Waals surface area contributed by atoms with E-state index in [0.29, 0.717) is 0 Å². The molecule has 0 spiro atoms. The van der Waals surface area contributed by atoms with Crippen molar-refractivity contribution in [2.75, 3.05) is 0 Å². The molecule has 0 N–H and O–H groups in total. The minimum atomic E-state index is -0.210. The van der Waals surface area contributed by atoms with Gasteiger partial charge in [-0.15, -0.1) is 0 Å². The van der Waals surface area contributed by atoms with Crippen LogP contribution in [-0.2, 0) is 6.42 Å². The van der Waals surface area contributed by atoms with Gasteiger partial charge in [0.05, 0.1) is 10.8 Å². The highest BCUT2D eigenvalue weighted by Gasteiger charge is 2.22. The minimum absolute atomic E-state index is 0.144. The first-order chi connectivity index (χ1) is 11.3. The van der Waals surface area contributed by atoms with Gasteiger partial charge < -0.3 is 0 Å². The Morgan fingerprint density at radius 2 is 1.26 bits per heavy atom. The van der Waals surface area contributed by atoms with Crippen LogP contribution in [0.3, 0.4) is 0 Å². The predicted octanol–water partition coefficient (Wildman–Crippen LogP) is 5.65. The second kappa shape index (κ2) is 5.64. The van der Waals surface area contributed by atoms with Crippen molar-refractivity contribution in [3.8, 4) is 4.90 Å². The normalized spacial score (nSPS) is 11.2. The third-order valence-electron chi connectivity index (χ3n) is 4.27. The smallest absolute Gasteiger partial charge is 0.203 e. The topological polar surface area (TPSA) is 17.1 Å². The van der Waals surface area contributed by atoms with Gasteiger partial charge in [0.2, 0.25) is 5.43 Å². The van der Waals surface area contributed by atoms with Gasteiger partial charge in [-0.05, 0) is 48.4 Å².